The predicted molar refractivity (Wildman–Crippen MR) is 107 cm³/mol. The zero-order chi connectivity index (χ0) is 17.2. The Kier molecular flexibility index (Phi) is 7.30. The van der Waals surface area contributed by atoms with Gasteiger partial charge in [0.15, 0.2) is 5.52 Å². The number of carbonyl (C=O) groups excluding carboxylic acids is 1. The topological polar surface area (TPSA) is 26.3 Å². The Balaban J connectivity index is 0.00000288. The average Bonchev–Trinajstić information content (AvgIpc) is 2.38. The molecule has 24 heavy (non-hydrogen) atoms. The minimum atomic E-state index is -0.213. The third kappa shape index (κ3) is 5.78. The van der Waals surface area contributed by atoms with Crippen LogP contribution in [0.5, 0.6) is 5.75 Å². The second-order valence-corrected chi connectivity index (χ2v) is 8.25. The van der Waals surface area contributed by atoms with Crippen LogP contribution in [0, 0.1) is 20.8 Å². The van der Waals surface area contributed by atoms with Crippen LogP contribution in [0.4, 0.5) is 0 Å². The van der Waals surface area contributed by atoms with Crippen LogP contribution in [-0.4, -0.2) is 30.0 Å². The quantitative estimate of drug-likeness (QED) is 0.615. The molecule has 0 amide bonds. The van der Waals surface area contributed by atoms with Crippen molar-refractivity contribution < 1.29 is 9.53 Å². The van der Waals surface area contributed by atoms with E-state index in [4.69, 9.17) is 4.74 Å². The summed E-state index contributed by atoms with van der Waals surface area (Å²) in [4.78, 5) is 12.7. The third-order valence-corrected chi connectivity index (χ3v) is 4.54. The van der Waals surface area contributed by atoms with Crippen molar-refractivity contribution in [2.45, 2.75) is 47.1 Å². The Bertz CT molecular complexity index is 692. The molecular weight excluding hydrogens is 310 g/mol. The second-order valence-electron chi connectivity index (χ2n) is 6.97. The Morgan fingerprint density at radius 3 is 1.92 bits per heavy atom. The van der Waals surface area contributed by atoms with Gasteiger partial charge in [-0.05, 0) is 78.7 Å². The van der Waals surface area contributed by atoms with E-state index in [0.29, 0.717) is 0 Å². The fraction of sp³-hybridized carbons (Fsp3) is 0.350. The van der Waals surface area contributed by atoms with Crippen LogP contribution >= 0.6 is 8.58 Å². The summed E-state index contributed by atoms with van der Waals surface area (Å²) >= 11 is 0. The first-order valence-electron chi connectivity index (χ1n) is 7.84. The molecule has 124 valence electrons. The standard InChI is InChI=1S/C20H25O2P.Li.H/c1-13-11-14(2)18(15(3)12-13)19(21)23-17-9-7-16(8-10-17)22-20(4,5)6;;/h7-12,23H,1-6H3;;. The monoisotopic (exact) mass is 336 g/mol. The van der Waals surface area contributed by atoms with Crippen molar-refractivity contribution in [3.05, 3.63) is 58.7 Å². The van der Waals surface area contributed by atoms with Gasteiger partial charge >= 0.3 is 18.9 Å². The summed E-state index contributed by atoms with van der Waals surface area (Å²) in [5.41, 5.74) is 4.17. The number of hydrogen-bond acceptors (Lipinski definition) is 2. The Labute approximate surface area is 159 Å². The number of carbonyl (C=O) groups is 1. The van der Waals surface area contributed by atoms with E-state index in [1.807, 2.05) is 58.9 Å². The van der Waals surface area contributed by atoms with Gasteiger partial charge in [-0.3, -0.25) is 4.79 Å². The van der Waals surface area contributed by atoms with Gasteiger partial charge in [0, 0.05) is 5.56 Å². The molecule has 1 unspecified atom stereocenters. The Morgan fingerprint density at radius 2 is 1.46 bits per heavy atom. The van der Waals surface area contributed by atoms with Crippen LogP contribution in [0.3, 0.4) is 0 Å². The molecule has 0 aliphatic rings. The summed E-state index contributed by atoms with van der Waals surface area (Å²) in [6, 6.07) is 12.0. The summed E-state index contributed by atoms with van der Waals surface area (Å²) < 4.78 is 5.82. The molecule has 1 atom stereocenters. The molecule has 0 heterocycles. The van der Waals surface area contributed by atoms with E-state index in [1.54, 1.807) is 0 Å². The van der Waals surface area contributed by atoms with Gasteiger partial charge < -0.3 is 4.74 Å². The van der Waals surface area contributed by atoms with E-state index in [-0.39, 0.29) is 38.6 Å². The van der Waals surface area contributed by atoms with Crippen LogP contribution in [0.15, 0.2) is 36.4 Å². The maximum absolute atomic E-state index is 12.7. The van der Waals surface area contributed by atoms with E-state index in [2.05, 4.69) is 19.1 Å². The van der Waals surface area contributed by atoms with Gasteiger partial charge in [-0.1, -0.05) is 29.8 Å². The van der Waals surface area contributed by atoms with Gasteiger partial charge in [0.25, 0.3) is 0 Å². The van der Waals surface area contributed by atoms with Gasteiger partial charge in [0.2, 0.25) is 0 Å². The molecule has 0 fully saturated rings. The summed E-state index contributed by atoms with van der Waals surface area (Å²) in [6.07, 6.45) is 0. The van der Waals surface area contributed by atoms with Crippen LogP contribution in [0.1, 0.15) is 47.8 Å². The number of hydrogen-bond donors (Lipinski definition) is 0. The number of aryl methyl sites for hydroxylation is 3. The molecular formula is C20H26LiO2P. The molecule has 2 nitrogen and oxygen atoms in total. The first-order valence-corrected chi connectivity index (χ1v) is 8.84. The predicted octanol–water partition coefficient (Wildman–Crippen LogP) is 4.28. The normalized spacial score (nSPS) is 11.4. The number of rotatable bonds is 4. The van der Waals surface area contributed by atoms with Crippen molar-refractivity contribution in [1.29, 1.82) is 0 Å². The van der Waals surface area contributed by atoms with E-state index in [9.17, 15) is 4.79 Å². The molecule has 0 aliphatic carbocycles. The van der Waals surface area contributed by atoms with Gasteiger partial charge in [0.1, 0.15) is 11.4 Å². The van der Waals surface area contributed by atoms with E-state index < -0.39 is 0 Å². The molecule has 0 saturated carbocycles. The molecule has 0 aromatic heterocycles. The Hall–Kier alpha value is -1.06. The maximum atomic E-state index is 12.7. The van der Waals surface area contributed by atoms with Gasteiger partial charge in [-0.15, -0.1) is 0 Å². The number of ether oxygens (including phenoxy) is 1. The van der Waals surface area contributed by atoms with Crippen LogP contribution < -0.4 is 10.0 Å². The van der Waals surface area contributed by atoms with Crippen LogP contribution in [-0.2, 0) is 0 Å². The third-order valence-electron chi connectivity index (χ3n) is 3.44. The fourth-order valence-corrected chi connectivity index (χ4v) is 3.81. The van der Waals surface area contributed by atoms with Crippen molar-refractivity contribution in [2.75, 3.05) is 0 Å². The molecule has 0 saturated heterocycles. The zero-order valence-electron chi connectivity index (χ0n) is 14.8. The first-order chi connectivity index (χ1) is 10.7. The van der Waals surface area contributed by atoms with Crippen molar-refractivity contribution in [3.63, 3.8) is 0 Å². The summed E-state index contributed by atoms with van der Waals surface area (Å²) in [5, 5.41) is 1.04. The molecule has 0 radical (unpaired) electrons. The van der Waals surface area contributed by atoms with E-state index in [1.165, 1.54) is 5.56 Å². The fourth-order valence-electron chi connectivity index (χ4n) is 2.69. The van der Waals surface area contributed by atoms with Crippen molar-refractivity contribution in [2.24, 2.45) is 0 Å². The van der Waals surface area contributed by atoms with Gasteiger partial charge in [0.05, 0.1) is 0 Å². The molecule has 0 bridgehead atoms. The van der Waals surface area contributed by atoms with Gasteiger partial charge in [-0.25, -0.2) is 0 Å². The summed E-state index contributed by atoms with van der Waals surface area (Å²) in [6.45, 7) is 12.2. The Morgan fingerprint density at radius 1 is 0.958 bits per heavy atom. The van der Waals surface area contributed by atoms with Crippen molar-refractivity contribution in [1.82, 2.24) is 0 Å². The summed E-state index contributed by atoms with van der Waals surface area (Å²) in [5.74, 6) is 0.834. The van der Waals surface area contributed by atoms with E-state index >= 15 is 0 Å². The molecule has 0 aliphatic heterocycles. The molecule has 2 aromatic rings. The minimum absolute atomic E-state index is 0. The first kappa shape index (κ1) is 21.0. The zero-order valence-corrected chi connectivity index (χ0v) is 15.8. The van der Waals surface area contributed by atoms with Crippen molar-refractivity contribution in [3.8, 4) is 5.75 Å². The SMILES string of the molecule is Cc1cc(C)c(C(=O)Pc2ccc(OC(C)(C)C)cc2)c(C)c1.[LiH]. The molecule has 4 heteroatoms. The molecule has 2 aromatic carbocycles. The van der Waals surface area contributed by atoms with Crippen LogP contribution in [0.2, 0.25) is 0 Å². The van der Waals surface area contributed by atoms with E-state index in [0.717, 1.165) is 27.7 Å². The number of benzene rings is 2. The molecule has 0 spiro atoms. The molecule has 2 rings (SSSR count). The van der Waals surface area contributed by atoms with Gasteiger partial charge in [-0.2, -0.15) is 0 Å². The average molecular weight is 336 g/mol. The second kappa shape index (κ2) is 8.35. The molecule has 0 N–H and O–H groups in total. The summed E-state index contributed by atoms with van der Waals surface area (Å²) in [7, 11) is 0.135. The van der Waals surface area contributed by atoms with Crippen LogP contribution in [0.25, 0.3) is 0 Å². The van der Waals surface area contributed by atoms with Crippen molar-refractivity contribution >= 4 is 38.3 Å².